The van der Waals surface area contributed by atoms with Crippen LogP contribution in [0.15, 0.2) is 60.7 Å². The van der Waals surface area contributed by atoms with E-state index in [1.165, 1.54) is 5.56 Å². The van der Waals surface area contributed by atoms with Gasteiger partial charge in [-0.15, -0.1) is 0 Å². The maximum Gasteiger partial charge on any atom is 0.222 e. The Kier molecular flexibility index (Phi) is 7.00. The van der Waals surface area contributed by atoms with Gasteiger partial charge in [-0.2, -0.15) is 0 Å². The van der Waals surface area contributed by atoms with Gasteiger partial charge in [0.25, 0.3) is 0 Å². The normalized spacial score (nSPS) is 13.8. The molecule has 4 rings (SSSR count). The summed E-state index contributed by atoms with van der Waals surface area (Å²) in [5.74, 6) is 2.73. The van der Waals surface area contributed by atoms with Crippen LogP contribution in [0, 0.1) is 13.8 Å². The first-order valence-corrected chi connectivity index (χ1v) is 11.2. The van der Waals surface area contributed by atoms with Gasteiger partial charge in [-0.05, 0) is 32.4 Å². The quantitative estimate of drug-likeness (QED) is 0.524. The second-order valence-corrected chi connectivity index (χ2v) is 8.16. The summed E-state index contributed by atoms with van der Waals surface area (Å²) >= 11 is 0. The fourth-order valence-corrected chi connectivity index (χ4v) is 3.86. The lowest BCUT2D eigenvalue weighted by Crippen LogP contribution is -2.49. The summed E-state index contributed by atoms with van der Waals surface area (Å²) in [6.45, 7) is 7.50. The Morgan fingerprint density at radius 2 is 1.66 bits per heavy atom. The number of carbonyl (C=O) groups excluding carboxylic acids is 1. The second-order valence-electron chi connectivity index (χ2n) is 8.16. The Balaban J connectivity index is 1.26. The number of hydrogen-bond donors (Lipinski definition) is 0. The average Bonchev–Trinajstić information content (AvgIpc) is 2.83. The molecule has 6 nitrogen and oxygen atoms in total. The molecule has 0 aliphatic carbocycles. The fourth-order valence-electron chi connectivity index (χ4n) is 3.86. The third-order valence-electron chi connectivity index (χ3n) is 5.68. The van der Waals surface area contributed by atoms with Gasteiger partial charge < -0.3 is 14.5 Å². The zero-order chi connectivity index (χ0) is 22.3. The lowest BCUT2D eigenvalue weighted by atomic mass is 10.1. The van der Waals surface area contributed by atoms with Crippen molar-refractivity contribution in [2.75, 3.05) is 37.7 Å². The van der Waals surface area contributed by atoms with Crippen LogP contribution >= 0.6 is 0 Å². The van der Waals surface area contributed by atoms with Gasteiger partial charge in [0.05, 0.1) is 12.3 Å². The summed E-state index contributed by atoms with van der Waals surface area (Å²) in [6, 6.07) is 20.2. The number of carbonyl (C=O) groups is 1. The smallest absolute Gasteiger partial charge is 0.222 e. The molecule has 0 saturated carbocycles. The van der Waals surface area contributed by atoms with Crippen molar-refractivity contribution < 1.29 is 9.53 Å². The predicted molar refractivity (Wildman–Crippen MR) is 127 cm³/mol. The molecule has 0 unspecified atom stereocenters. The molecule has 0 atom stereocenters. The summed E-state index contributed by atoms with van der Waals surface area (Å²) in [5, 5.41) is 0. The van der Waals surface area contributed by atoms with Gasteiger partial charge >= 0.3 is 0 Å². The molecule has 2 aromatic carbocycles. The minimum Gasteiger partial charge on any atom is -0.494 e. The van der Waals surface area contributed by atoms with E-state index < -0.39 is 0 Å². The van der Waals surface area contributed by atoms with Crippen molar-refractivity contribution in [1.29, 1.82) is 0 Å². The minimum absolute atomic E-state index is 0.195. The van der Waals surface area contributed by atoms with Gasteiger partial charge in [-0.1, -0.05) is 48.0 Å². The Bertz CT molecular complexity index is 1030. The predicted octanol–water partition coefficient (Wildman–Crippen LogP) is 4.27. The molecule has 1 aliphatic rings. The van der Waals surface area contributed by atoms with E-state index in [-0.39, 0.29) is 5.91 Å². The Labute approximate surface area is 189 Å². The van der Waals surface area contributed by atoms with Gasteiger partial charge in [0.2, 0.25) is 5.91 Å². The first kappa shape index (κ1) is 21.8. The summed E-state index contributed by atoms with van der Waals surface area (Å²) in [6.07, 6.45) is 1.23. The van der Waals surface area contributed by atoms with Crippen LogP contribution in [0.2, 0.25) is 0 Å². The molecule has 1 amide bonds. The van der Waals surface area contributed by atoms with Crippen molar-refractivity contribution >= 4 is 11.7 Å². The van der Waals surface area contributed by atoms with Crippen molar-refractivity contribution in [2.45, 2.75) is 26.7 Å². The lowest BCUT2D eigenvalue weighted by molar-refractivity contribution is -0.131. The summed E-state index contributed by atoms with van der Waals surface area (Å²) in [7, 11) is 0. The van der Waals surface area contributed by atoms with Crippen LogP contribution in [0.5, 0.6) is 5.75 Å². The van der Waals surface area contributed by atoms with E-state index in [4.69, 9.17) is 4.74 Å². The van der Waals surface area contributed by atoms with Crippen molar-refractivity contribution in [3.05, 3.63) is 72.1 Å². The van der Waals surface area contributed by atoms with Gasteiger partial charge in [0, 0.05) is 44.2 Å². The highest BCUT2D eigenvalue weighted by molar-refractivity contribution is 5.76. The van der Waals surface area contributed by atoms with Crippen LogP contribution < -0.4 is 9.64 Å². The number of anilines is 1. The highest BCUT2D eigenvalue weighted by atomic mass is 16.5. The van der Waals surface area contributed by atoms with Crippen LogP contribution in [0.1, 0.15) is 24.2 Å². The minimum atomic E-state index is 0.195. The first-order chi connectivity index (χ1) is 15.6. The Morgan fingerprint density at radius 3 is 2.38 bits per heavy atom. The molecule has 3 aromatic rings. The van der Waals surface area contributed by atoms with Crippen molar-refractivity contribution in [3.8, 4) is 17.0 Å². The highest BCUT2D eigenvalue weighted by Gasteiger charge is 2.22. The zero-order valence-corrected chi connectivity index (χ0v) is 18.8. The fraction of sp³-hybridized carbons (Fsp3) is 0.346. The number of ether oxygens (including phenoxy) is 1. The van der Waals surface area contributed by atoms with Gasteiger partial charge in [0.1, 0.15) is 17.4 Å². The van der Waals surface area contributed by atoms with E-state index in [2.05, 4.69) is 33.9 Å². The summed E-state index contributed by atoms with van der Waals surface area (Å²) < 4.78 is 5.74. The van der Waals surface area contributed by atoms with Crippen molar-refractivity contribution in [2.24, 2.45) is 0 Å². The molecule has 6 heteroatoms. The van der Waals surface area contributed by atoms with Crippen LogP contribution in [-0.2, 0) is 4.79 Å². The maximum atomic E-state index is 12.6. The molecular weight excluding hydrogens is 400 g/mol. The van der Waals surface area contributed by atoms with Crippen LogP contribution in [0.4, 0.5) is 5.82 Å². The number of nitrogens with zero attached hydrogens (tertiary/aromatic N) is 4. The molecule has 1 aromatic heterocycles. The van der Waals surface area contributed by atoms with Gasteiger partial charge in [-0.25, -0.2) is 9.97 Å². The van der Waals surface area contributed by atoms with Crippen LogP contribution in [-0.4, -0.2) is 53.6 Å². The Hall–Kier alpha value is -3.41. The third kappa shape index (κ3) is 5.63. The van der Waals surface area contributed by atoms with E-state index in [9.17, 15) is 4.79 Å². The molecule has 0 radical (unpaired) electrons. The molecule has 1 aliphatic heterocycles. The molecule has 1 saturated heterocycles. The van der Waals surface area contributed by atoms with Gasteiger partial charge in [0.15, 0.2) is 0 Å². The summed E-state index contributed by atoms with van der Waals surface area (Å²) in [4.78, 5) is 26.0. The topological polar surface area (TPSA) is 58.6 Å². The number of piperazine rings is 1. The number of amides is 1. The Morgan fingerprint density at radius 1 is 0.938 bits per heavy atom. The SMILES string of the molecule is Cc1ccc(OCCCC(=O)N2CCN(c3cc(-c4ccccc4)nc(C)n3)CC2)cc1. The van der Waals surface area contributed by atoms with E-state index in [0.717, 1.165) is 48.2 Å². The molecule has 2 heterocycles. The number of aryl methyl sites for hydroxylation is 2. The van der Waals surface area contributed by atoms with E-state index in [1.807, 2.05) is 60.4 Å². The lowest BCUT2D eigenvalue weighted by Gasteiger charge is -2.35. The second kappa shape index (κ2) is 10.3. The first-order valence-electron chi connectivity index (χ1n) is 11.2. The molecule has 0 bridgehead atoms. The zero-order valence-electron chi connectivity index (χ0n) is 18.8. The molecule has 0 spiro atoms. The molecule has 0 N–H and O–H groups in total. The molecular formula is C26H30N4O2. The van der Waals surface area contributed by atoms with Crippen LogP contribution in [0.3, 0.4) is 0 Å². The van der Waals surface area contributed by atoms with E-state index >= 15 is 0 Å². The van der Waals surface area contributed by atoms with Crippen molar-refractivity contribution in [3.63, 3.8) is 0 Å². The monoisotopic (exact) mass is 430 g/mol. The molecule has 32 heavy (non-hydrogen) atoms. The molecule has 1 fully saturated rings. The van der Waals surface area contributed by atoms with E-state index in [1.54, 1.807) is 0 Å². The summed E-state index contributed by atoms with van der Waals surface area (Å²) in [5.41, 5.74) is 3.22. The largest absolute Gasteiger partial charge is 0.494 e. The van der Waals surface area contributed by atoms with Crippen LogP contribution in [0.25, 0.3) is 11.3 Å². The number of benzene rings is 2. The van der Waals surface area contributed by atoms with Crippen molar-refractivity contribution in [1.82, 2.24) is 14.9 Å². The standard InChI is InChI=1S/C26H30N4O2/c1-20-10-12-23(13-11-20)32-18-6-9-26(31)30-16-14-29(15-17-30)25-19-24(27-21(2)28-25)22-7-4-3-5-8-22/h3-5,7-8,10-13,19H,6,9,14-18H2,1-2H3. The molecule has 166 valence electrons. The third-order valence-corrected chi connectivity index (χ3v) is 5.68. The number of rotatable bonds is 7. The number of hydrogen-bond acceptors (Lipinski definition) is 5. The average molecular weight is 431 g/mol. The highest BCUT2D eigenvalue weighted by Crippen LogP contribution is 2.23. The number of aromatic nitrogens is 2. The van der Waals surface area contributed by atoms with E-state index in [0.29, 0.717) is 26.1 Å². The van der Waals surface area contributed by atoms with Gasteiger partial charge in [-0.3, -0.25) is 4.79 Å². The maximum absolute atomic E-state index is 12.6.